The minimum atomic E-state index is -5.03. The molecule has 16 nitrogen and oxygen atoms in total. The molecular formula is C45H55F3N5O11P. The SMILES string of the molecule is COc1ccc(C(OC[C@H]2O[C@@H](n3ccc(=O)[nH]c3=O)[C@H](OCOCCCNC(=O)C(F)(F)F)[C@@H]2OP(OCCC#N)N(C(C)C)C(C)C)(c2ccccc2)c2ccc(OC)cc2)cc1. The zero-order chi connectivity index (χ0) is 47.1. The molecule has 1 saturated heterocycles. The van der Waals surface area contributed by atoms with Crippen LogP contribution in [0.1, 0.15) is 63.5 Å². The highest BCUT2D eigenvalue weighted by molar-refractivity contribution is 7.44. The number of nitriles is 1. The second kappa shape index (κ2) is 23.9. The lowest BCUT2D eigenvalue weighted by Gasteiger charge is -2.39. The number of amides is 1. The van der Waals surface area contributed by atoms with Crippen LogP contribution in [0.4, 0.5) is 13.2 Å². The normalized spacial score (nSPS) is 18.2. The van der Waals surface area contributed by atoms with E-state index in [1.54, 1.807) is 19.5 Å². The van der Waals surface area contributed by atoms with Crippen LogP contribution in [-0.4, -0.2) is 104 Å². The number of nitrogens with zero attached hydrogens (tertiary/aromatic N) is 3. The van der Waals surface area contributed by atoms with Crippen molar-refractivity contribution in [1.82, 2.24) is 19.5 Å². The van der Waals surface area contributed by atoms with E-state index in [1.807, 2.05) is 111 Å². The van der Waals surface area contributed by atoms with E-state index in [2.05, 4.69) is 11.1 Å². The lowest BCUT2D eigenvalue weighted by molar-refractivity contribution is -0.173. The van der Waals surface area contributed by atoms with Gasteiger partial charge < -0.3 is 42.8 Å². The van der Waals surface area contributed by atoms with Gasteiger partial charge in [-0.15, -0.1) is 0 Å². The Morgan fingerprint density at radius 3 is 2.03 bits per heavy atom. The van der Waals surface area contributed by atoms with Gasteiger partial charge >= 0.3 is 17.8 Å². The average molecular weight is 930 g/mol. The first-order valence-electron chi connectivity index (χ1n) is 20.9. The zero-order valence-corrected chi connectivity index (χ0v) is 37.9. The summed E-state index contributed by atoms with van der Waals surface area (Å²) in [5.41, 5.74) is -0.595. The number of methoxy groups -OCH3 is 2. The molecule has 2 N–H and O–H groups in total. The monoisotopic (exact) mass is 929 g/mol. The highest BCUT2D eigenvalue weighted by atomic mass is 31.2. The number of nitrogens with one attached hydrogen (secondary N) is 2. The Hall–Kier alpha value is -5.16. The van der Waals surface area contributed by atoms with E-state index in [-0.39, 0.29) is 51.3 Å². The summed E-state index contributed by atoms with van der Waals surface area (Å²) in [4.78, 5) is 39.3. The number of benzene rings is 3. The van der Waals surface area contributed by atoms with Crippen molar-refractivity contribution in [3.63, 3.8) is 0 Å². The number of alkyl halides is 3. The van der Waals surface area contributed by atoms with Crippen LogP contribution < -0.4 is 26.0 Å². The fourth-order valence-corrected chi connectivity index (χ4v) is 9.11. The van der Waals surface area contributed by atoms with Crippen molar-refractivity contribution >= 4 is 14.4 Å². The Kier molecular flexibility index (Phi) is 18.7. The van der Waals surface area contributed by atoms with Gasteiger partial charge in [-0.25, -0.2) is 9.46 Å². The van der Waals surface area contributed by atoms with Crippen LogP contribution in [0.5, 0.6) is 11.5 Å². The summed E-state index contributed by atoms with van der Waals surface area (Å²) < 4.78 is 91.7. The lowest BCUT2D eigenvalue weighted by atomic mass is 9.80. The summed E-state index contributed by atoms with van der Waals surface area (Å²) >= 11 is 0. The van der Waals surface area contributed by atoms with Crippen LogP contribution in [0.2, 0.25) is 0 Å². The Morgan fingerprint density at radius 1 is 0.892 bits per heavy atom. The highest BCUT2D eigenvalue weighted by Gasteiger charge is 2.52. The number of H-pyrrole nitrogens is 1. The van der Waals surface area contributed by atoms with Crippen molar-refractivity contribution in [2.75, 3.05) is 47.4 Å². The van der Waals surface area contributed by atoms with Crippen LogP contribution in [0.15, 0.2) is 101 Å². The molecule has 5 atom stereocenters. The number of hydrogen-bond acceptors (Lipinski definition) is 13. The summed E-state index contributed by atoms with van der Waals surface area (Å²) in [6, 6.07) is 27.4. The number of aromatic nitrogens is 2. The predicted molar refractivity (Wildman–Crippen MR) is 233 cm³/mol. The van der Waals surface area contributed by atoms with Gasteiger partial charge in [0.25, 0.3) is 14.1 Å². The summed E-state index contributed by atoms with van der Waals surface area (Å²) in [5.74, 6) is -0.838. The quantitative estimate of drug-likeness (QED) is 0.0334. The van der Waals surface area contributed by atoms with Crippen molar-refractivity contribution in [3.8, 4) is 17.6 Å². The smallest absolute Gasteiger partial charge is 0.471 e. The molecule has 1 aliphatic rings. The summed E-state index contributed by atoms with van der Waals surface area (Å²) in [7, 11) is 1.16. The summed E-state index contributed by atoms with van der Waals surface area (Å²) in [6.45, 7) is 6.80. The third kappa shape index (κ3) is 13.0. The topological polar surface area (TPSA) is 185 Å². The van der Waals surface area contributed by atoms with Gasteiger partial charge in [0.15, 0.2) is 6.23 Å². The van der Waals surface area contributed by atoms with E-state index < -0.39 is 68.8 Å². The van der Waals surface area contributed by atoms with Gasteiger partial charge in [0.05, 0.1) is 46.5 Å². The Labute approximate surface area is 376 Å². The molecule has 0 saturated carbocycles. The van der Waals surface area contributed by atoms with Crippen LogP contribution in [0.3, 0.4) is 0 Å². The number of ether oxygens (including phenoxy) is 6. The second-order valence-electron chi connectivity index (χ2n) is 15.3. The first-order chi connectivity index (χ1) is 31.1. The predicted octanol–water partition coefficient (Wildman–Crippen LogP) is 6.55. The maximum absolute atomic E-state index is 13.5. The molecule has 352 valence electrons. The minimum Gasteiger partial charge on any atom is -0.497 e. The minimum absolute atomic E-state index is 0.0135. The molecule has 5 rings (SSSR count). The molecule has 0 aliphatic carbocycles. The summed E-state index contributed by atoms with van der Waals surface area (Å²) in [6.07, 6.45) is -8.31. The zero-order valence-electron chi connectivity index (χ0n) is 37.0. The molecule has 4 aromatic rings. The number of aromatic amines is 1. The van der Waals surface area contributed by atoms with Gasteiger partial charge in [0, 0.05) is 30.9 Å². The first kappa shape index (κ1) is 50.8. The van der Waals surface area contributed by atoms with Crippen molar-refractivity contribution in [2.24, 2.45) is 0 Å². The fraction of sp³-hybridized carbons (Fsp3) is 0.467. The van der Waals surface area contributed by atoms with E-state index in [0.717, 1.165) is 27.3 Å². The Balaban J connectivity index is 1.60. The third-order valence-corrected chi connectivity index (χ3v) is 12.4. The molecule has 65 heavy (non-hydrogen) atoms. The first-order valence-corrected chi connectivity index (χ1v) is 22.0. The lowest BCUT2D eigenvalue weighted by Crippen LogP contribution is -2.43. The van der Waals surface area contributed by atoms with Gasteiger partial charge in [0.2, 0.25) is 0 Å². The van der Waals surface area contributed by atoms with E-state index in [1.165, 1.54) is 6.20 Å². The van der Waals surface area contributed by atoms with Crippen molar-refractivity contribution < 1.29 is 55.4 Å². The molecular weight excluding hydrogens is 874 g/mol. The number of carbonyl (C=O) groups is 1. The molecule has 1 aromatic heterocycles. The van der Waals surface area contributed by atoms with E-state index in [0.29, 0.717) is 11.5 Å². The number of hydrogen-bond donors (Lipinski definition) is 2. The Bertz CT molecular complexity index is 2200. The van der Waals surface area contributed by atoms with Crippen LogP contribution in [-0.2, 0) is 38.4 Å². The van der Waals surface area contributed by atoms with E-state index in [9.17, 15) is 32.8 Å². The molecule has 0 bridgehead atoms. The van der Waals surface area contributed by atoms with Gasteiger partial charge in [0.1, 0.15) is 42.2 Å². The molecule has 1 amide bonds. The third-order valence-electron chi connectivity index (χ3n) is 10.3. The maximum atomic E-state index is 13.5. The fourth-order valence-electron chi connectivity index (χ4n) is 7.34. The van der Waals surface area contributed by atoms with Gasteiger partial charge in [-0.05, 0) is 75.1 Å². The number of halogens is 3. The molecule has 1 aliphatic heterocycles. The molecule has 20 heteroatoms. The van der Waals surface area contributed by atoms with Crippen LogP contribution in [0.25, 0.3) is 0 Å². The molecule has 2 heterocycles. The second-order valence-corrected chi connectivity index (χ2v) is 16.7. The standard InChI is InChI=1S/C45H55F3N5O11P/c1-30(2)53(31(3)4)65(62-27-10-23-49)64-39-37(63-41(52-25-22-38(54)51-43(52)56)40(39)60-29-59-26-11-24-50-42(55)45(46,47)48)28-61-44(32-12-8-7-9-13-32,33-14-18-35(57-5)19-15-33)34-16-20-36(58-6)21-17-34/h7-9,12-22,25,30-31,37,39-41H,10-11,24,26-29H2,1-6H3,(H,50,55)(H,51,54,56)/t37-,39-,40-,41-,65?/m1/s1. The van der Waals surface area contributed by atoms with Gasteiger partial charge in [-0.3, -0.25) is 19.1 Å². The van der Waals surface area contributed by atoms with Gasteiger partial charge in [-0.1, -0.05) is 54.6 Å². The van der Waals surface area contributed by atoms with E-state index in [4.69, 9.17) is 37.5 Å². The molecule has 1 unspecified atom stereocenters. The van der Waals surface area contributed by atoms with Gasteiger partial charge in [-0.2, -0.15) is 18.4 Å². The Morgan fingerprint density at radius 2 is 1.49 bits per heavy atom. The molecule has 1 fully saturated rings. The molecule has 0 spiro atoms. The van der Waals surface area contributed by atoms with Crippen molar-refractivity contribution in [3.05, 3.63) is 129 Å². The number of carbonyl (C=O) groups excluding carboxylic acids is 1. The summed E-state index contributed by atoms with van der Waals surface area (Å²) in [5, 5.41) is 11.2. The number of rotatable bonds is 24. The van der Waals surface area contributed by atoms with Crippen LogP contribution >= 0.6 is 8.53 Å². The van der Waals surface area contributed by atoms with E-state index >= 15 is 0 Å². The highest BCUT2D eigenvalue weighted by Crippen LogP contribution is 2.51. The molecule has 3 aromatic carbocycles. The molecule has 0 radical (unpaired) electrons. The van der Waals surface area contributed by atoms with Crippen molar-refractivity contribution in [2.45, 2.75) is 88.9 Å². The van der Waals surface area contributed by atoms with Crippen molar-refractivity contribution in [1.29, 1.82) is 5.26 Å². The average Bonchev–Trinajstić information content (AvgIpc) is 3.61. The maximum Gasteiger partial charge on any atom is 0.471 e. The largest absolute Gasteiger partial charge is 0.497 e. The van der Waals surface area contributed by atoms with Crippen LogP contribution in [0, 0.1) is 11.3 Å².